The Morgan fingerprint density at radius 2 is 1.64 bits per heavy atom. The fraction of sp³-hybridized carbons (Fsp3) is 0.267. The third-order valence-corrected chi connectivity index (χ3v) is 5.59. The van der Waals surface area contributed by atoms with E-state index in [-0.39, 0.29) is 24.0 Å². The number of nitrogens with zero attached hydrogens (tertiary/aromatic N) is 2. The summed E-state index contributed by atoms with van der Waals surface area (Å²) in [5.74, 6) is 1.96. The average Bonchev–Trinajstić information content (AvgIpc) is 2.91. The smallest absolute Gasteiger partial charge is 0.258 e. The van der Waals surface area contributed by atoms with Gasteiger partial charge in [-0.1, -0.05) is 12.1 Å². The first-order valence-electron chi connectivity index (χ1n) is 12.7. The molecule has 0 bridgehead atoms. The van der Waals surface area contributed by atoms with Crippen molar-refractivity contribution in [1.82, 2.24) is 20.6 Å². The Labute approximate surface area is 228 Å². The summed E-state index contributed by atoms with van der Waals surface area (Å²) in [7, 11) is 1.60. The zero-order chi connectivity index (χ0) is 28.0. The summed E-state index contributed by atoms with van der Waals surface area (Å²) in [6, 6.07) is 20.1. The molecule has 0 saturated carbocycles. The van der Waals surface area contributed by atoms with Crippen LogP contribution < -0.4 is 25.4 Å². The molecule has 0 unspecified atom stereocenters. The predicted octanol–water partition coefficient (Wildman–Crippen LogP) is 5.09. The van der Waals surface area contributed by atoms with Crippen LogP contribution in [-0.2, 0) is 4.79 Å². The molecule has 0 fully saturated rings. The fourth-order valence-electron chi connectivity index (χ4n) is 3.90. The van der Waals surface area contributed by atoms with Gasteiger partial charge in [0.15, 0.2) is 12.4 Å². The minimum absolute atomic E-state index is 0.0988. The quantitative estimate of drug-likeness (QED) is 0.278. The van der Waals surface area contributed by atoms with Crippen molar-refractivity contribution in [1.29, 1.82) is 0 Å². The number of fused-ring (bicyclic) bond motifs is 1. The molecule has 9 nitrogen and oxygen atoms in total. The molecule has 1 heterocycles. The van der Waals surface area contributed by atoms with Gasteiger partial charge in [0.05, 0.1) is 12.1 Å². The normalized spacial score (nSPS) is 11.1. The van der Waals surface area contributed by atoms with Crippen molar-refractivity contribution in [3.63, 3.8) is 0 Å². The van der Waals surface area contributed by atoms with Gasteiger partial charge >= 0.3 is 0 Å². The van der Waals surface area contributed by atoms with Crippen molar-refractivity contribution >= 4 is 34.2 Å². The van der Waals surface area contributed by atoms with Crippen LogP contribution in [0.3, 0.4) is 0 Å². The van der Waals surface area contributed by atoms with E-state index in [2.05, 4.69) is 16.0 Å². The van der Waals surface area contributed by atoms with Crippen molar-refractivity contribution in [3.8, 4) is 22.9 Å². The monoisotopic (exact) mass is 527 g/mol. The number of hydrogen-bond acceptors (Lipinski definition) is 7. The first-order chi connectivity index (χ1) is 18.6. The third-order valence-electron chi connectivity index (χ3n) is 5.59. The SMILES string of the molecule is CCOc1ccc2nc(-c3cccc(OCC(=O)NC(C)(C)C)c3)nc(Nc3ccc(C(=O)NC)cc3)c2c1. The zero-order valence-corrected chi connectivity index (χ0v) is 22.8. The molecular formula is C30H33N5O4. The molecule has 0 aliphatic rings. The predicted molar refractivity (Wildman–Crippen MR) is 153 cm³/mol. The van der Waals surface area contributed by atoms with E-state index >= 15 is 0 Å². The molecule has 0 aliphatic heterocycles. The van der Waals surface area contributed by atoms with Crippen molar-refractivity contribution in [2.24, 2.45) is 0 Å². The van der Waals surface area contributed by atoms with Gasteiger partial charge in [0.1, 0.15) is 17.3 Å². The van der Waals surface area contributed by atoms with Crippen molar-refractivity contribution in [3.05, 3.63) is 72.3 Å². The Morgan fingerprint density at radius 1 is 0.897 bits per heavy atom. The number of rotatable bonds is 9. The topological polar surface area (TPSA) is 114 Å². The summed E-state index contributed by atoms with van der Waals surface area (Å²) < 4.78 is 11.4. The number of benzene rings is 3. The van der Waals surface area contributed by atoms with E-state index < -0.39 is 0 Å². The molecule has 2 amide bonds. The Hall–Kier alpha value is -4.66. The highest BCUT2D eigenvalue weighted by molar-refractivity contribution is 5.95. The highest BCUT2D eigenvalue weighted by atomic mass is 16.5. The van der Waals surface area contributed by atoms with Crippen molar-refractivity contribution in [2.45, 2.75) is 33.2 Å². The summed E-state index contributed by atoms with van der Waals surface area (Å²) >= 11 is 0. The number of amides is 2. The van der Waals surface area contributed by atoms with E-state index in [0.29, 0.717) is 35.3 Å². The molecule has 202 valence electrons. The van der Waals surface area contributed by atoms with E-state index in [4.69, 9.17) is 19.4 Å². The molecule has 0 spiro atoms. The largest absolute Gasteiger partial charge is 0.494 e. The lowest BCUT2D eigenvalue weighted by Crippen LogP contribution is -2.43. The molecule has 0 aliphatic carbocycles. The third kappa shape index (κ3) is 7.22. The van der Waals surface area contributed by atoms with Crippen LogP contribution in [0.1, 0.15) is 38.1 Å². The Kier molecular flexibility index (Phi) is 8.29. The second-order valence-corrected chi connectivity index (χ2v) is 9.90. The molecule has 0 atom stereocenters. The molecule has 4 aromatic rings. The van der Waals surface area contributed by atoms with Gasteiger partial charge in [0, 0.05) is 34.8 Å². The molecule has 0 saturated heterocycles. The van der Waals surface area contributed by atoms with Gasteiger partial charge in [0.25, 0.3) is 11.8 Å². The number of anilines is 2. The van der Waals surface area contributed by atoms with Crippen LogP contribution in [0.15, 0.2) is 66.7 Å². The number of carbonyl (C=O) groups is 2. The maximum Gasteiger partial charge on any atom is 0.258 e. The van der Waals surface area contributed by atoms with Crippen LogP contribution in [-0.4, -0.2) is 47.6 Å². The van der Waals surface area contributed by atoms with Crippen molar-refractivity contribution < 1.29 is 19.1 Å². The lowest BCUT2D eigenvalue weighted by molar-refractivity contribution is -0.124. The maximum absolute atomic E-state index is 12.2. The summed E-state index contributed by atoms with van der Waals surface area (Å²) in [5.41, 5.74) is 2.44. The molecule has 1 aromatic heterocycles. The van der Waals surface area contributed by atoms with E-state index in [1.807, 2.05) is 76.2 Å². The van der Waals surface area contributed by atoms with Gasteiger partial charge < -0.3 is 25.4 Å². The minimum Gasteiger partial charge on any atom is -0.494 e. The second-order valence-electron chi connectivity index (χ2n) is 9.90. The van der Waals surface area contributed by atoms with E-state index in [1.165, 1.54) is 0 Å². The van der Waals surface area contributed by atoms with E-state index in [0.717, 1.165) is 22.2 Å². The number of carbonyl (C=O) groups excluding carboxylic acids is 2. The first kappa shape index (κ1) is 27.4. The maximum atomic E-state index is 12.2. The lowest BCUT2D eigenvalue weighted by Gasteiger charge is -2.20. The molecule has 3 aromatic carbocycles. The van der Waals surface area contributed by atoms with Crippen LogP contribution in [0.4, 0.5) is 11.5 Å². The van der Waals surface area contributed by atoms with E-state index in [9.17, 15) is 9.59 Å². The fourth-order valence-corrected chi connectivity index (χ4v) is 3.90. The van der Waals surface area contributed by atoms with Gasteiger partial charge in [0.2, 0.25) is 0 Å². The highest BCUT2D eigenvalue weighted by Crippen LogP contribution is 2.31. The lowest BCUT2D eigenvalue weighted by atomic mass is 10.1. The highest BCUT2D eigenvalue weighted by Gasteiger charge is 2.15. The number of hydrogen-bond donors (Lipinski definition) is 3. The average molecular weight is 528 g/mol. The number of aromatic nitrogens is 2. The molecule has 4 rings (SSSR count). The van der Waals surface area contributed by atoms with Crippen LogP contribution in [0.5, 0.6) is 11.5 Å². The van der Waals surface area contributed by atoms with Crippen LogP contribution in [0.25, 0.3) is 22.3 Å². The summed E-state index contributed by atoms with van der Waals surface area (Å²) in [5, 5.41) is 9.65. The van der Waals surface area contributed by atoms with Gasteiger partial charge in [-0.15, -0.1) is 0 Å². The first-order valence-corrected chi connectivity index (χ1v) is 12.7. The van der Waals surface area contributed by atoms with Crippen molar-refractivity contribution in [2.75, 3.05) is 25.6 Å². The number of ether oxygens (including phenoxy) is 2. The molecular weight excluding hydrogens is 494 g/mol. The van der Waals surface area contributed by atoms with Gasteiger partial charge in [-0.25, -0.2) is 9.97 Å². The second kappa shape index (κ2) is 11.8. The Bertz CT molecular complexity index is 1480. The van der Waals surface area contributed by atoms with Gasteiger partial charge in [-0.05, 0) is 82.3 Å². The molecule has 9 heteroatoms. The molecule has 3 N–H and O–H groups in total. The van der Waals surface area contributed by atoms with Gasteiger partial charge in [-0.3, -0.25) is 9.59 Å². The van der Waals surface area contributed by atoms with E-state index in [1.54, 1.807) is 25.2 Å². The summed E-state index contributed by atoms with van der Waals surface area (Å²) in [6.07, 6.45) is 0. The summed E-state index contributed by atoms with van der Waals surface area (Å²) in [6.45, 7) is 8.12. The van der Waals surface area contributed by atoms with Crippen LogP contribution in [0, 0.1) is 0 Å². The molecule has 0 radical (unpaired) electrons. The molecule has 39 heavy (non-hydrogen) atoms. The number of nitrogens with one attached hydrogen (secondary N) is 3. The van der Waals surface area contributed by atoms with Crippen LogP contribution in [0.2, 0.25) is 0 Å². The van der Waals surface area contributed by atoms with Gasteiger partial charge in [-0.2, -0.15) is 0 Å². The standard InChI is InChI=1S/C30H33N5O4/c1-6-38-23-14-15-25-24(17-23)28(32-21-12-10-19(11-13-21)29(37)31-5)34-27(33-25)20-8-7-9-22(16-20)39-18-26(36)35-30(2,3)4/h7-17H,6,18H2,1-5H3,(H,31,37)(H,35,36)(H,32,33,34). The summed E-state index contributed by atoms with van der Waals surface area (Å²) in [4.78, 5) is 33.8. The zero-order valence-electron chi connectivity index (χ0n) is 22.8. The minimum atomic E-state index is -0.338. The Morgan fingerprint density at radius 3 is 2.33 bits per heavy atom. The van der Waals surface area contributed by atoms with Crippen LogP contribution >= 0.6 is 0 Å². The Balaban J connectivity index is 1.67.